The average Bonchev–Trinajstić information content (AvgIpc) is 2.60. The molecule has 2 N–H and O–H groups in total. The molecule has 1 aliphatic rings. The summed E-state index contributed by atoms with van der Waals surface area (Å²) in [4.78, 5) is 8.55. The number of rotatable bonds is 2. The molecular weight excluding hydrogens is 222 g/mol. The van der Waals surface area contributed by atoms with Crippen LogP contribution in [0.15, 0.2) is 11.7 Å². The molecule has 2 aromatic rings. The Morgan fingerprint density at radius 2 is 2.25 bits per heavy atom. The maximum atomic E-state index is 9.24. The van der Waals surface area contributed by atoms with Gasteiger partial charge in [-0.05, 0) is 30.7 Å². The molecule has 84 valence electrons. The van der Waals surface area contributed by atoms with E-state index in [-0.39, 0.29) is 6.10 Å². The van der Waals surface area contributed by atoms with Gasteiger partial charge in [-0.3, -0.25) is 0 Å². The van der Waals surface area contributed by atoms with Crippen LogP contribution in [0.1, 0.15) is 18.4 Å². The van der Waals surface area contributed by atoms with E-state index in [2.05, 4.69) is 27.6 Å². The first kappa shape index (κ1) is 9.99. The van der Waals surface area contributed by atoms with Crippen molar-refractivity contribution in [2.75, 3.05) is 5.32 Å². The fourth-order valence-electron chi connectivity index (χ4n) is 1.97. The summed E-state index contributed by atoms with van der Waals surface area (Å²) in [6.45, 7) is 2.06. The van der Waals surface area contributed by atoms with E-state index < -0.39 is 0 Å². The van der Waals surface area contributed by atoms with Crippen LogP contribution >= 0.6 is 11.3 Å². The molecule has 0 amide bonds. The second-order valence-corrected chi connectivity index (χ2v) is 5.16. The molecule has 0 atom stereocenters. The minimum absolute atomic E-state index is 0.139. The number of aromatic nitrogens is 2. The van der Waals surface area contributed by atoms with Crippen LogP contribution in [-0.4, -0.2) is 27.2 Å². The quantitative estimate of drug-likeness (QED) is 0.835. The molecule has 0 aromatic carbocycles. The standard InChI is InChI=1S/C11H13N3OS/c1-6-4-16-10-9(6)12-5-13-11(10)14-7-2-8(15)3-7/h4-5,7-8,15H,2-3H2,1H3,(H,12,13,14). The Hall–Kier alpha value is -1.20. The van der Waals surface area contributed by atoms with Gasteiger partial charge in [0, 0.05) is 6.04 Å². The van der Waals surface area contributed by atoms with Gasteiger partial charge in [-0.15, -0.1) is 11.3 Å². The van der Waals surface area contributed by atoms with E-state index >= 15 is 0 Å². The Balaban J connectivity index is 1.91. The predicted octanol–water partition coefficient (Wildman–Crippen LogP) is 1.93. The zero-order chi connectivity index (χ0) is 11.1. The Morgan fingerprint density at radius 1 is 1.44 bits per heavy atom. The number of anilines is 1. The summed E-state index contributed by atoms with van der Waals surface area (Å²) in [5, 5.41) is 14.7. The smallest absolute Gasteiger partial charge is 0.147 e. The van der Waals surface area contributed by atoms with Crippen LogP contribution in [0.25, 0.3) is 10.2 Å². The van der Waals surface area contributed by atoms with Crippen molar-refractivity contribution in [2.45, 2.75) is 31.9 Å². The van der Waals surface area contributed by atoms with Crippen molar-refractivity contribution in [1.82, 2.24) is 9.97 Å². The summed E-state index contributed by atoms with van der Waals surface area (Å²) in [5.41, 5.74) is 2.22. The second kappa shape index (κ2) is 3.68. The van der Waals surface area contributed by atoms with Crippen LogP contribution in [0.3, 0.4) is 0 Å². The summed E-state index contributed by atoms with van der Waals surface area (Å²) < 4.78 is 1.11. The van der Waals surface area contributed by atoms with Gasteiger partial charge in [0.2, 0.25) is 0 Å². The van der Waals surface area contributed by atoms with Crippen molar-refractivity contribution < 1.29 is 5.11 Å². The molecule has 0 radical (unpaired) electrons. The summed E-state index contributed by atoms with van der Waals surface area (Å²) in [5.74, 6) is 0.903. The van der Waals surface area contributed by atoms with Crippen molar-refractivity contribution in [2.24, 2.45) is 0 Å². The Kier molecular flexibility index (Phi) is 2.29. The normalized spacial score (nSPS) is 24.4. The van der Waals surface area contributed by atoms with E-state index in [1.807, 2.05) is 0 Å². The Bertz CT molecular complexity index is 519. The summed E-state index contributed by atoms with van der Waals surface area (Å²) in [7, 11) is 0. The molecule has 5 heteroatoms. The third-order valence-corrected chi connectivity index (χ3v) is 4.08. The van der Waals surface area contributed by atoms with Gasteiger partial charge in [-0.25, -0.2) is 9.97 Å². The fraction of sp³-hybridized carbons (Fsp3) is 0.455. The highest BCUT2D eigenvalue weighted by molar-refractivity contribution is 7.18. The first-order valence-corrected chi connectivity index (χ1v) is 6.25. The van der Waals surface area contributed by atoms with Crippen LogP contribution in [0.5, 0.6) is 0 Å². The summed E-state index contributed by atoms with van der Waals surface area (Å²) >= 11 is 1.67. The number of hydrogen-bond donors (Lipinski definition) is 2. The van der Waals surface area contributed by atoms with E-state index in [0.717, 1.165) is 28.9 Å². The first-order valence-electron chi connectivity index (χ1n) is 5.37. The van der Waals surface area contributed by atoms with Crippen molar-refractivity contribution in [3.63, 3.8) is 0 Å². The van der Waals surface area contributed by atoms with E-state index in [0.29, 0.717) is 6.04 Å². The predicted molar refractivity (Wildman–Crippen MR) is 64.8 cm³/mol. The molecule has 0 spiro atoms. The van der Waals surface area contributed by atoms with Crippen molar-refractivity contribution in [3.05, 3.63) is 17.3 Å². The number of thiophene rings is 1. The van der Waals surface area contributed by atoms with E-state index in [1.165, 1.54) is 5.56 Å². The Morgan fingerprint density at radius 3 is 3.00 bits per heavy atom. The van der Waals surface area contributed by atoms with Crippen LogP contribution in [0, 0.1) is 6.92 Å². The molecule has 0 aliphatic heterocycles. The monoisotopic (exact) mass is 235 g/mol. The lowest BCUT2D eigenvalue weighted by Gasteiger charge is -2.32. The van der Waals surface area contributed by atoms with Crippen molar-refractivity contribution >= 4 is 27.4 Å². The third kappa shape index (κ3) is 1.56. The van der Waals surface area contributed by atoms with Gasteiger partial charge in [0.25, 0.3) is 0 Å². The highest BCUT2D eigenvalue weighted by Gasteiger charge is 2.27. The van der Waals surface area contributed by atoms with E-state index in [4.69, 9.17) is 0 Å². The number of nitrogens with zero attached hydrogens (tertiary/aromatic N) is 2. The molecule has 2 heterocycles. The fourth-order valence-corrected chi connectivity index (χ4v) is 2.93. The van der Waals surface area contributed by atoms with Crippen LogP contribution in [-0.2, 0) is 0 Å². The SMILES string of the molecule is Cc1csc2c(NC3CC(O)C3)ncnc12. The van der Waals surface area contributed by atoms with Gasteiger partial charge in [-0.2, -0.15) is 0 Å². The summed E-state index contributed by atoms with van der Waals surface area (Å²) in [6, 6.07) is 0.357. The number of nitrogens with one attached hydrogen (secondary N) is 1. The zero-order valence-electron chi connectivity index (χ0n) is 8.97. The highest BCUT2D eigenvalue weighted by Crippen LogP contribution is 2.31. The van der Waals surface area contributed by atoms with Gasteiger partial charge in [0.05, 0.1) is 16.3 Å². The number of aryl methyl sites for hydroxylation is 1. The van der Waals surface area contributed by atoms with Gasteiger partial charge < -0.3 is 10.4 Å². The molecule has 1 fully saturated rings. The van der Waals surface area contributed by atoms with Gasteiger partial charge >= 0.3 is 0 Å². The topological polar surface area (TPSA) is 58.0 Å². The number of aliphatic hydroxyl groups is 1. The average molecular weight is 235 g/mol. The lowest BCUT2D eigenvalue weighted by Crippen LogP contribution is -2.39. The molecule has 0 unspecified atom stereocenters. The van der Waals surface area contributed by atoms with E-state index in [1.54, 1.807) is 17.7 Å². The largest absolute Gasteiger partial charge is 0.393 e. The molecule has 2 aromatic heterocycles. The molecule has 3 rings (SSSR count). The summed E-state index contributed by atoms with van der Waals surface area (Å²) in [6.07, 6.45) is 3.09. The molecule has 1 saturated carbocycles. The Labute approximate surface area is 97.4 Å². The molecule has 0 saturated heterocycles. The first-order chi connectivity index (χ1) is 7.74. The van der Waals surface area contributed by atoms with Gasteiger partial charge in [-0.1, -0.05) is 0 Å². The van der Waals surface area contributed by atoms with Gasteiger partial charge in [0.15, 0.2) is 0 Å². The second-order valence-electron chi connectivity index (χ2n) is 4.29. The van der Waals surface area contributed by atoms with Crippen LogP contribution in [0.4, 0.5) is 5.82 Å². The number of hydrogen-bond acceptors (Lipinski definition) is 5. The van der Waals surface area contributed by atoms with Crippen molar-refractivity contribution in [1.29, 1.82) is 0 Å². The third-order valence-electron chi connectivity index (χ3n) is 2.98. The minimum Gasteiger partial charge on any atom is -0.393 e. The molecule has 1 aliphatic carbocycles. The molecule has 16 heavy (non-hydrogen) atoms. The minimum atomic E-state index is -0.139. The van der Waals surface area contributed by atoms with Crippen LogP contribution < -0.4 is 5.32 Å². The maximum absolute atomic E-state index is 9.24. The lowest BCUT2D eigenvalue weighted by atomic mass is 9.89. The van der Waals surface area contributed by atoms with Gasteiger partial charge in [0.1, 0.15) is 12.1 Å². The zero-order valence-corrected chi connectivity index (χ0v) is 9.79. The molecular formula is C11H13N3OS. The number of fused-ring (bicyclic) bond motifs is 1. The lowest BCUT2D eigenvalue weighted by molar-refractivity contribution is 0.0836. The number of aliphatic hydroxyl groups excluding tert-OH is 1. The molecule has 0 bridgehead atoms. The van der Waals surface area contributed by atoms with Crippen molar-refractivity contribution in [3.8, 4) is 0 Å². The highest BCUT2D eigenvalue weighted by atomic mass is 32.1. The maximum Gasteiger partial charge on any atom is 0.147 e. The van der Waals surface area contributed by atoms with Crippen LogP contribution in [0.2, 0.25) is 0 Å². The van der Waals surface area contributed by atoms with E-state index in [9.17, 15) is 5.11 Å². The molecule has 4 nitrogen and oxygen atoms in total.